The summed E-state index contributed by atoms with van der Waals surface area (Å²) in [4.78, 5) is 43.8. The number of amides is 1. The standard InChI is InChI=1S/C27H31N3O4/c1-4-30(5-2)24(32)16-27(3)25-20(19-13-9-10-14-21(19)28-25)15-22(29-27)26(33)34-17-23(31)18-11-7-6-8-12-18/h6-14,22,28-29H,4-5,15-17H2,1-3H3. The number of hydrogen-bond acceptors (Lipinski definition) is 5. The van der Waals surface area contributed by atoms with E-state index in [0.717, 1.165) is 22.2 Å². The van der Waals surface area contributed by atoms with Crippen LogP contribution < -0.4 is 5.32 Å². The number of esters is 1. The van der Waals surface area contributed by atoms with Crippen LogP contribution in [0.3, 0.4) is 0 Å². The molecule has 2 N–H and O–H groups in total. The van der Waals surface area contributed by atoms with Crippen LogP contribution in [-0.2, 0) is 26.3 Å². The first kappa shape index (κ1) is 23.7. The highest BCUT2D eigenvalue weighted by Crippen LogP contribution is 2.37. The number of para-hydroxylation sites is 1. The maximum absolute atomic E-state index is 13.1. The van der Waals surface area contributed by atoms with Crippen molar-refractivity contribution >= 4 is 28.6 Å². The normalized spacial score (nSPS) is 19.4. The van der Waals surface area contributed by atoms with Gasteiger partial charge in [0.2, 0.25) is 5.91 Å². The summed E-state index contributed by atoms with van der Waals surface area (Å²) in [6.07, 6.45) is 0.605. The van der Waals surface area contributed by atoms with Crippen LogP contribution in [0.4, 0.5) is 0 Å². The molecule has 0 spiro atoms. The third kappa shape index (κ3) is 4.61. The zero-order chi connectivity index (χ0) is 24.3. The zero-order valence-electron chi connectivity index (χ0n) is 19.9. The van der Waals surface area contributed by atoms with Crippen molar-refractivity contribution in [3.8, 4) is 0 Å². The summed E-state index contributed by atoms with van der Waals surface area (Å²) in [6.45, 7) is 6.77. The molecule has 3 aromatic rings. The van der Waals surface area contributed by atoms with Crippen LogP contribution in [0.1, 0.15) is 48.8 Å². The second kappa shape index (κ2) is 9.81. The lowest BCUT2D eigenvalue weighted by Crippen LogP contribution is -2.56. The van der Waals surface area contributed by atoms with Crippen molar-refractivity contribution in [3.63, 3.8) is 0 Å². The highest BCUT2D eigenvalue weighted by atomic mass is 16.5. The van der Waals surface area contributed by atoms with Gasteiger partial charge in [0, 0.05) is 41.7 Å². The van der Waals surface area contributed by atoms with E-state index in [2.05, 4.69) is 10.3 Å². The van der Waals surface area contributed by atoms with Crippen LogP contribution in [0.15, 0.2) is 54.6 Å². The molecular formula is C27H31N3O4. The summed E-state index contributed by atoms with van der Waals surface area (Å²) in [7, 11) is 0. The number of nitrogens with zero attached hydrogens (tertiary/aromatic N) is 1. The number of ketones is 1. The third-order valence-electron chi connectivity index (χ3n) is 6.61. The van der Waals surface area contributed by atoms with E-state index in [1.807, 2.05) is 51.1 Å². The molecule has 1 aliphatic heterocycles. The molecule has 2 aromatic carbocycles. The molecule has 1 aliphatic rings. The maximum Gasteiger partial charge on any atom is 0.323 e. The van der Waals surface area contributed by atoms with E-state index >= 15 is 0 Å². The molecule has 1 aromatic heterocycles. The summed E-state index contributed by atoms with van der Waals surface area (Å²) in [5.41, 5.74) is 2.59. The average molecular weight is 462 g/mol. The second-order valence-electron chi connectivity index (χ2n) is 8.90. The molecule has 178 valence electrons. The number of H-pyrrole nitrogens is 1. The molecule has 0 bridgehead atoms. The molecule has 2 atom stereocenters. The number of carbonyl (C=O) groups is 3. The van der Waals surface area contributed by atoms with Gasteiger partial charge in [0.25, 0.3) is 0 Å². The molecule has 0 aliphatic carbocycles. The van der Waals surface area contributed by atoms with Crippen LogP contribution in [0.5, 0.6) is 0 Å². The fourth-order valence-corrected chi connectivity index (χ4v) is 4.81. The van der Waals surface area contributed by atoms with Crippen molar-refractivity contribution < 1.29 is 19.1 Å². The molecule has 7 nitrogen and oxygen atoms in total. The molecular weight excluding hydrogens is 430 g/mol. The molecule has 2 unspecified atom stereocenters. The van der Waals surface area contributed by atoms with Gasteiger partial charge < -0.3 is 14.6 Å². The first-order valence-corrected chi connectivity index (χ1v) is 11.8. The van der Waals surface area contributed by atoms with Crippen molar-refractivity contribution in [3.05, 3.63) is 71.4 Å². The smallest absolute Gasteiger partial charge is 0.323 e. The first-order chi connectivity index (χ1) is 16.4. The molecule has 0 radical (unpaired) electrons. The van der Waals surface area contributed by atoms with Gasteiger partial charge in [-0.2, -0.15) is 0 Å². The predicted octanol–water partition coefficient (Wildman–Crippen LogP) is 3.58. The van der Waals surface area contributed by atoms with E-state index < -0.39 is 17.6 Å². The Labute approximate surface area is 199 Å². The zero-order valence-corrected chi connectivity index (χ0v) is 19.9. The lowest BCUT2D eigenvalue weighted by Gasteiger charge is -2.39. The van der Waals surface area contributed by atoms with Gasteiger partial charge in [0.15, 0.2) is 12.4 Å². The number of nitrogens with one attached hydrogen (secondary N) is 2. The number of aromatic amines is 1. The molecule has 7 heteroatoms. The minimum Gasteiger partial charge on any atom is -0.456 e. The van der Waals surface area contributed by atoms with Crippen LogP contribution in [0.2, 0.25) is 0 Å². The highest BCUT2D eigenvalue weighted by Gasteiger charge is 2.43. The molecule has 2 heterocycles. The summed E-state index contributed by atoms with van der Waals surface area (Å²) in [6, 6.07) is 16.0. The Bertz CT molecular complexity index is 1200. The number of ether oxygens (including phenoxy) is 1. The van der Waals surface area contributed by atoms with Crippen molar-refractivity contribution in [2.75, 3.05) is 19.7 Å². The minimum absolute atomic E-state index is 0.0119. The average Bonchev–Trinajstić information content (AvgIpc) is 3.23. The summed E-state index contributed by atoms with van der Waals surface area (Å²) < 4.78 is 5.43. The first-order valence-electron chi connectivity index (χ1n) is 11.8. The Kier molecular flexibility index (Phi) is 6.84. The van der Waals surface area contributed by atoms with Crippen molar-refractivity contribution in [2.24, 2.45) is 0 Å². The summed E-state index contributed by atoms with van der Waals surface area (Å²) in [5, 5.41) is 4.41. The van der Waals surface area contributed by atoms with E-state index in [1.165, 1.54) is 0 Å². The largest absolute Gasteiger partial charge is 0.456 e. The summed E-state index contributed by atoms with van der Waals surface area (Å²) >= 11 is 0. The minimum atomic E-state index is -0.792. The Balaban J connectivity index is 1.59. The molecule has 4 rings (SSSR count). The van der Waals surface area contributed by atoms with Crippen LogP contribution >= 0.6 is 0 Å². The molecule has 34 heavy (non-hydrogen) atoms. The predicted molar refractivity (Wildman–Crippen MR) is 131 cm³/mol. The fourth-order valence-electron chi connectivity index (χ4n) is 4.81. The van der Waals surface area contributed by atoms with E-state index in [4.69, 9.17) is 4.74 Å². The molecule has 0 fully saturated rings. The van der Waals surface area contributed by atoms with Gasteiger partial charge in [0.05, 0.1) is 12.0 Å². The number of hydrogen-bond donors (Lipinski definition) is 2. The number of aromatic nitrogens is 1. The third-order valence-corrected chi connectivity index (χ3v) is 6.61. The van der Waals surface area contributed by atoms with Gasteiger partial charge in [-0.05, 0) is 32.4 Å². The van der Waals surface area contributed by atoms with Gasteiger partial charge in [-0.25, -0.2) is 0 Å². The van der Waals surface area contributed by atoms with E-state index in [-0.39, 0.29) is 24.7 Å². The van der Waals surface area contributed by atoms with E-state index in [9.17, 15) is 14.4 Å². The maximum atomic E-state index is 13.1. The van der Waals surface area contributed by atoms with Crippen LogP contribution in [-0.4, -0.2) is 53.3 Å². The molecule has 0 saturated heterocycles. The Morgan fingerprint density at radius 2 is 1.71 bits per heavy atom. The van der Waals surface area contributed by atoms with Crippen molar-refractivity contribution in [1.82, 2.24) is 15.2 Å². The number of benzene rings is 2. The van der Waals surface area contributed by atoms with E-state index in [1.54, 1.807) is 29.2 Å². The Morgan fingerprint density at radius 1 is 1.03 bits per heavy atom. The van der Waals surface area contributed by atoms with Crippen LogP contribution in [0.25, 0.3) is 10.9 Å². The number of Topliss-reactive ketones (excluding diaryl/α,β-unsaturated/α-hetero) is 1. The molecule has 0 saturated carbocycles. The summed E-state index contributed by atoms with van der Waals surface area (Å²) in [5.74, 6) is -0.739. The van der Waals surface area contributed by atoms with Crippen molar-refractivity contribution in [1.29, 1.82) is 0 Å². The second-order valence-corrected chi connectivity index (χ2v) is 8.90. The number of fused-ring (bicyclic) bond motifs is 3. The lowest BCUT2D eigenvalue weighted by molar-refractivity contribution is -0.146. The van der Waals surface area contributed by atoms with Gasteiger partial charge in [0.1, 0.15) is 6.04 Å². The lowest BCUT2D eigenvalue weighted by atomic mass is 9.82. The number of carbonyl (C=O) groups excluding carboxylic acids is 3. The topological polar surface area (TPSA) is 91.5 Å². The van der Waals surface area contributed by atoms with E-state index in [0.29, 0.717) is 25.1 Å². The highest BCUT2D eigenvalue weighted by molar-refractivity contribution is 5.98. The Morgan fingerprint density at radius 3 is 2.41 bits per heavy atom. The monoisotopic (exact) mass is 461 g/mol. The fraction of sp³-hybridized carbons (Fsp3) is 0.370. The SMILES string of the molecule is CCN(CC)C(=O)CC1(C)NC(C(=O)OCC(=O)c2ccccc2)Cc2c1[nH]c1ccccc21. The van der Waals surface area contributed by atoms with Gasteiger partial charge >= 0.3 is 5.97 Å². The van der Waals surface area contributed by atoms with Crippen LogP contribution in [0, 0.1) is 0 Å². The quantitative estimate of drug-likeness (QED) is 0.395. The van der Waals surface area contributed by atoms with Gasteiger partial charge in [-0.3, -0.25) is 19.7 Å². The molecule has 1 amide bonds. The van der Waals surface area contributed by atoms with Gasteiger partial charge in [-0.1, -0.05) is 48.5 Å². The van der Waals surface area contributed by atoms with Gasteiger partial charge in [-0.15, -0.1) is 0 Å². The van der Waals surface area contributed by atoms with Crippen molar-refractivity contribution in [2.45, 2.75) is 45.2 Å². The number of rotatable bonds is 8. The Hall–Kier alpha value is -3.45.